The number of fused-ring (bicyclic) bond motifs is 3. The van der Waals surface area contributed by atoms with E-state index in [2.05, 4.69) is 72.0 Å². The zero-order chi connectivity index (χ0) is 90.2. The van der Waals surface area contributed by atoms with Gasteiger partial charge in [-0.3, -0.25) is 43.2 Å². The minimum absolute atomic E-state index is 0. The number of benzene rings is 8. The summed E-state index contributed by atoms with van der Waals surface area (Å²) in [5, 5.41) is 21.7. The zero-order valence-electron chi connectivity index (χ0n) is 71.9. The highest BCUT2D eigenvalue weighted by Gasteiger charge is 2.55. The molecule has 672 valence electrons. The fraction of sp³-hybridized carbons (Fsp3) is 0.294. The lowest BCUT2D eigenvalue weighted by Crippen LogP contribution is -2.37. The number of alkyl halides is 2. The Morgan fingerprint density at radius 1 is 0.512 bits per heavy atom. The number of methoxy groups -OCH3 is 1. The number of pyridine rings is 4. The molecular weight excluding hydrogens is 1680 g/mol. The molecule has 4 saturated carbocycles. The molecule has 4 aromatic heterocycles. The predicted molar refractivity (Wildman–Crippen MR) is 492 cm³/mol. The van der Waals surface area contributed by atoms with Crippen LogP contribution in [0.5, 0.6) is 40.2 Å². The number of aliphatic hydroxyl groups is 2. The lowest BCUT2D eigenvalue weighted by Gasteiger charge is -2.30. The number of nitrogens with one attached hydrogen (secondary N) is 1. The third-order valence-electron chi connectivity index (χ3n) is 25.6. The van der Waals surface area contributed by atoms with Crippen molar-refractivity contribution in [3.63, 3.8) is 0 Å². The molecule has 5 fully saturated rings. The summed E-state index contributed by atoms with van der Waals surface area (Å²) in [4.78, 5) is 72.0. The van der Waals surface area contributed by atoms with Crippen molar-refractivity contribution in [3.8, 4) is 85.0 Å². The Hall–Kier alpha value is -12.6. The zero-order valence-corrected chi connectivity index (χ0v) is 73.6. The van der Waals surface area contributed by atoms with Crippen molar-refractivity contribution < 1.29 is 94.6 Å². The van der Waals surface area contributed by atoms with Crippen molar-refractivity contribution in [3.05, 3.63) is 298 Å². The number of amides is 1. The molecule has 4 aliphatic heterocycles. The van der Waals surface area contributed by atoms with Gasteiger partial charge in [-0.1, -0.05) is 121 Å². The maximum atomic E-state index is 13.4. The molecular formula is C102H106F2N6O17S2. The van der Waals surface area contributed by atoms with Gasteiger partial charge in [0.05, 0.1) is 68.9 Å². The summed E-state index contributed by atoms with van der Waals surface area (Å²) in [5.41, 5.74) is 15.1. The van der Waals surface area contributed by atoms with E-state index in [-0.39, 0.29) is 90.4 Å². The highest BCUT2D eigenvalue weighted by Crippen LogP contribution is 2.56. The first kappa shape index (κ1) is 88.4. The van der Waals surface area contributed by atoms with Crippen LogP contribution >= 0.6 is 10.6 Å². The molecule has 129 heavy (non-hydrogen) atoms. The van der Waals surface area contributed by atoms with Gasteiger partial charge in [-0.15, -0.1) is 8.78 Å². The Morgan fingerprint density at radius 2 is 1.05 bits per heavy atom. The normalized spacial score (nSPS) is 17.3. The van der Waals surface area contributed by atoms with E-state index in [1.165, 1.54) is 22.0 Å². The third kappa shape index (κ3) is 18.7. The summed E-state index contributed by atoms with van der Waals surface area (Å²) in [5.74, 6) is 4.53. The van der Waals surface area contributed by atoms with Gasteiger partial charge in [-0.05, 0) is 251 Å². The largest absolute Gasteiger partial charge is 0.586 e. The molecule has 8 aromatic carbocycles. The number of hydrogen-bond donors (Lipinski definition) is 5. The molecule has 5 N–H and O–H groups in total. The minimum Gasteiger partial charge on any atom is -0.497 e. The molecule has 1 saturated heterocycles. The van der Waals surface area contributed by atoms with E-state index in [1.807, 2.05) is 142 Å². The highest BCUT2D eigenvalue weighted by atomic mass is 32.3. The fourth-order valence-corrected chi connectivity index (χ4v) is 19.9. The van der Waals surface area contributed by atoms with E-state index >= 15 is 0 Å². The first-order chi connectivity index (χ1) is 62.1. The molecule has 4 aliphatic carbocycles. The SMILES string of the molecule is CCS(O)(O)c1ccc(-c2cccc(CC(=O)C3(c4ccc5c(c4)OC(F)(F)O5)CC3)n2)cc1.COc1cccc(C2(C(=O)Nc3cccc(-c4ccc(S(=O)(=O)N5CCC[C@@H]5CO)cc4)n3)CC2)c1.Cc1cc(CC(=O)C2(c3ccc4c(c3)OCO4)CC2)ncc1-c1ccc(CO)cc1.Cc1cccc(-c2cnc(CC(=O)C3(c4ccc5c(c4)OCO5)CC3)c(C)c2)c1.[HH].[HH].[HH].[HH]. The molecule has 8 heterocycles. The van der Waals surface area contributed by atoms with Crippen LogP contribution in [0.2, 0.25) is 0 Å². The third-order valence-corrected chi connectivity index (χ3v) is 29.4. The van der Waals surface area contributed by atoms with Gasteiger partial charge in [0.1, 0.15) is 28.9 Å². The van der Waals surface area contributed by atoms with E-state index in [0.29, 0.717) is 77.8 Å². The summed E-state index contributed by atoms with van der Waals surface area (Å²) in [6.07, 6.45) is 8.47. The molecule has 0 spiro atoms. The van der Waals surface area contributed by atoms with Gasteiger partial charge in [0.2, 0.25) is 29.5 Å². The van der Waals surface area contributed by atoms with Gasteiger partial charge in [0.15, 0.2) is 34.5 Å². The molecule has 1 atom stereocenters. The standard InChI is InChI=1S/C27H29N3O5S.C25H23F2NO5S.C25H23NO4.C25H23NO3.4H2/c1-35-22-7-2-5-20(17-22)27(14-15-27)26(32)29-25-9-3-8-24(28-25)19-10-12-23(13-11-19)36(33,34)30-16-4-6-21(30)18-31;1-2-34(30,31)19-9-6-16(7-10-19)20-5-3-4-18(28-20)15-23(29)24(12-13-24)17-8-11-21-22(14-17)33-25(26,27)32-21;1-16-10-20(26-13-21(16)18-4-2-17(14-27)3-5-18)12-24(28)25(8-9-25)19-6-7-22-23(11-19)30-15-29-22;1-16-4-3-5-18(10-16)19-11-17(2)21(26-14-19)13-24(27)25(8-9-25)20-6-7-22-23(12-20)29-15-28-22;;;;/h2-3,5,7-13,17,21,31H,4,6,14-16,18H2,1H3,(H,28,29,32);3-11,14,30-31H,2,12-13,15H2,1H3;2-7,10-11,13,27H,8-9,12,14-15H2,1H3;3-7,10-12,14H,8-9,13,15H2,1-2H3;4*1H/t21-;;;;;;;/m1......./s1. The van der Waals surface area contributed by atoms with Gasteiger partial charge in [0, 0.05) is 89.3 Å². The number of halogens is 2. The van der Waals surface area contributed by atoms with Gasteiger partial charge in [-0.25, -0.2) is 13.4 Å². The van der Waals surface area contributed by atoms with Crippen LogP contribution in [-0.4, -0.2) is 127 Å². The van der Waals surface area contributed by atoms with Crippen molar-refractivity contribution in [2.75, 3.05) is 44.9 Å². The fourth-order valence-electron chi connectivity index (χ4n) is 17.3. The number of ketones is 3. The van der Waals surface area contributed by atoms with E-state index in [0.717, 1.165) is 146 Å². The van der Waals surface area contributed by atoms with Gasteiger partial charge < -0.3 is 48.7 Å². The Labute approximate surface area is 754 Å². The Balaban J connectivity index is 0.000000150. The van der Waals surface area contributed by atoms with Crippen LogP contribution in [0.4, 0.5) is 14.6 Å². The number of rotatable bonds is 26. The van der Waals surface area contributed by atoms with Crippen LogP contribution in [-0.2, 0) is 76.7 Å². The number of aliphatic hydroxyl groups excluding tert-OH is 2. The molecule has 0 bridgehead atoms. The molecule has 0 radical (unpaired) electrons. The second-order valence-electron chi connectivity index (χ2n) is 34.0. The number of aromatic nitrogens is 4. The maximum Gasteiger partial charge on any atom is 0.586 e. The predicted octanol–water partition coefficient (Wildman–Crippen LogP) is 19.7. The van der Waals surface area contributed by atoms with E-state index in [1.54, 1.807) is 80.8 Å². The van der Waals surface area contributed by atoms with Gasteiger partial charge in [0.25, 0.3) is 0 Å². The minimum atomic E-state index is -3.70. The van der Waals surface area contributed by atoms with Crippen LogP contribution < -0.4 is 38.5 Å². The number of sulfonamides is 1. The van der Waals surface area contributed by atoms with Crippen LogP contribution in [0.3, 0.4) is 0 Å². The highest BCUT2D eigenvalue weighted by molar-refractivity contribution is 8.24. The van der Waals surface area contributed by atoms with Crippen LogP contribution in [0.1, 0.15) is 138 Å². The number of ether oxygens (including phenoxy) is 7. The molecule has 12 aromatic rings. The summed E-state index contributed by atoms with van der Waals surface area (Å²) in [7, 11) is -4.86. The van der Waals surface area contributed by atoms with Crippen LogP contribution in [0.25, 0.3) is 44.8 Å². The van der Waals surface area contributed by atoms with Crippen molar-refractivity contribution in [2.24, 2.45) is 0 Å². The molecule has 23 nitrogen and oxygen atoms in total. The number of anilines is 1. The molecule has 8 aliphatic rings. The van der Waals surface area contributed by atoms with E-state index in [4.69, 9.17) is 23.7 Å². The number of Topliss-reactive ketones (excluding diaryl/α,β-unsaturated/α-hetero) is 3. The molecule has 0 unspecified atom stereocenters. The smallest absolute Gasteiger partial charge is 0.497 e. The molecule has 1 amide bonds. The van der Waals surface area contributed by atoms with Crippen LogP contribution in [0.15, 0.2) is 247 Å². The van der Waals surface area contributed by atoms with Crippen molar-refractivity contribution >= 4 is 49.7 Å². The summed E-state index contributed by atoms with van der Waals surface area (Å²) in [6.45, 7) is 8.62. The second-order valence-corrected chi connectivity index (χ2v) is 38.3. The average Bonchev–Trinajstić information content (AvgIpc) is 1.61. The maximum absolute atomic E-state index is 13.4. The summed E-state index contributed by atoms with van der Waals surface area (Å²) < 4.78 is 110. The number of hydrogen-bond acceptors (Lipinski definition) is 21. The number of nitrogens with zero attached hydrogens (tertiary/aromatic N) is 5. The molecule has 20 rings (SSSR count). The Bertz CT molecular complexity index is 6430. The molecule has 27 heteroatoms. The number of carbonyl (C=O) groups excluding carboxylic acids is 4. The lowest BCUT2D eigenvalue weighted by atomic mass is 9.88. The summed E-state index contributed by atoms with van der Waals surface area (Å²) in [6, 6.07) is 68.0. The van der Waals surface area contributed by atoms with Crippen molar-refractivity contribution in [1.82, 2.24) is 24.2 Å². The van der Waals surface area contributed by atoms with Crippen molar-refractivity contribution in [1.29, 1.82) is 0 Å². The van der Waals surface area contributed by atoms with Gasteiger partial charge in [-0.2, -0.15) is 14.9 Å². The lowest BCUT2D eigenvalue weighted by molar-refractivity contribution is -0.286. The topological polar surface area (TPSA) is 315 Å². The number of carbonyl (C=O) groups is 4. The second kappa shape index (κ2) is 36.1. The quantitative estimate of drug-likeness (QED) is 0.0336. The average molecular weight is 1790 g/mol. The number of aryl methyl sites for hydroxylation is 3. The van der Waals surface area contributed by atoms with Crippen LogP contribution in [0, 0.1) is 20.8 Å². The monoisotopic (exact) mass is 1790 g/mol. The summed E-state index contributed by atoms with van der Waals surface area (Å²) >= 11 is 0. The van der Waals surface area contributed by atoms with Gasteiger partial charge >= 0.3 is 6.29 Å². The Kier molecular flexibility index (Phi) is 24.8. The van der Waals surface area contributed by atoms with E-state index < -0.39 is 48.6 Å². The van der Waals surface area contributed by atoms with E-state index in [9.17, 15) is 55.7 Å². The Morgan fingerprint density at radius 3 is 1.62 bits per heavy atom. The first-order valence-corrected chi connectivity index (χ1v) is 46.3. The van der Waals surface area contributed by atoms with Crippen molar-refractivity contribution in [2.45, 2.75) is 162 Å². The first-order valence-electron chi connectivity index (χ1n) is 43.1.